The van der Waals surface area contributed by atoms with Gasteiger partial charge in [-0.25, -0.2) is 4.98 Å². The first-order valence-corrected chi connectivity index (χ1v) is 11.2. The van der Waals surface area contributed by atoms with Crippen LogP contribution >= 0.6 is 23.4 Å². The molecule has 6 heteroatoms. The number of carbonyl (C=O) groups is 1. The van der Waals surface area contributed by atoms with Crippen LogP contribution in [0.2, 0.25) is 5.02 Å². The van der Waals surface area contributed by atoms with Crippen LogP contribution in [0.5, 0.6) is 5.88 Å². The number of thioether (sulfide) groups is 1. The molecule has 0 saturated carbocycles. The lowest BCUT2D eigenvalue weighted by atomic mass is 10.1. The highest BCUT2D eigenvalue weighted by atomic mass is 35.5. The fraction of sp³-hybridized carbons (Fsp3) is 0.120. The van der Waals surface area contributed by atoms with Gasteiger partial charge in [0.1, 0.15) is 0 Å². The van der Waals surface area contributed by atoms with Gasteiger partial charge in [-0.2, -0.15) is 0 Å². The van der Waals surface area contributed by atoms with Crippen LogP contribution in [0.15, 0.2) is 83.8 Å². The normalized spacial score (nSPS) is 10.8. The first-order chi connectivity index (χ1) is 15.1. The Labute approximate surface area is 190 Å². The molecule has 0 bridgehead atoms. The average Bonchev–Trinajstić information content (AvgIpc) is 2.79. The van der Waals surface area contributed by atoms with Crippen LogP contribution in [0.3, 0.4) is 0 Å². The Morgan fingerprint density at radius 1 is 1.03 bits per heavy atom. The molecule has 1 amide bonds. The summed E-state index contributed by atoms with van der Waals surface area (Å²) in [7, 11) is 1.59. The lowest BCUT2D eigenvalue weighted by Gasteiger charge is -2.12. The SMILES string of the molecule is COc1ccc2c(SCc3ccccc3)cc(NC(=O)Cc3ccccc3Cl)cc2n1. The lowest BCUT2D eigenvalue weighted by molar-refractivity contribution is -0.115. The molecule has 0 saturated heterocycles. The van der Waals surface area contributed by atoms with Gasteiger partial charge in [0.2, 0.25) is 11.8 Å². The number of fused-ring (bicyclic) bond motifs is 1. The highest BCUT2D eigenvalue weighted by molar-refractivity contribution is 7.98. The van der Waals surface area contributed by atoms with E-state index in [0.717, 1.165) is 27.1 Å². The number of anilines is 1. The van der Waals surface area contributed by atoms with E-state index in [-0.39, 0.29) is 12.3 Å². The zero-order valence-electron chi connectivity index (χ0n) is 17.0. The zero-order valence-corrected chi connectivity index (χ0v) is 18.5. The molecule has 0 aliphatic heterocycles. The van der Waals surface area contributed by atoms with Crippen LogP contribution in [-0.4, -0.2) is 18.0 Å². The van der Waals surface area contributed by atoms with E-state index in [0.29, 0.717) is 16.6 Å². The Bertz CT molecular complexity index is 1210. The minimum absolute atomic E-state index is 0.130. The minimum Gasteiger partial charge on any atom is -0.481 e. The van der Waals surface area contributed by atoms with Gasteiger partial charge >= 0.3 is 0 Å². The molecular weight excluding hydrogens is 428 g/mol. The lowest BCUT2D eigenvalue weighted by Crippen LogP contribution is -2.14. The van der Waals surface area contributed by atoms with E-state index in [1.165, 1.54) is 5.56 Å². The number of halogens is 1. The number of pyridine rings is 1. The van der Waals surface area contributed by atoms with Crippen molar-refractivity contribution in [3.63, 3.8) is 0 Å². The molecule has 4 aromatic rings. The van der Waals surface area contributed by atoms with Crippen molar-refractivity contribution in [2.24, 2.45) is 0 Å². The molecular formula is C25H21ClN2O2S. The Hall–Kier alpha value is -3.02. The molecule has 0 unspecified atom stereocenters. The van der Waals surface area contributed by atoms with Crippen LogP contribution in [0.4, 0.5) is 5.69 Å². The second-order valence-corrected chi connectivity index (χ2v) is 8.41. The summed E-state index contributed by atoms with van der Waals surface area (Å²) in [6.07, 6.45) is 0.204. The summed E-state index contributed by atoms with van der Waals surface area (Å²) in [5.74, 6) is 1.22. The Morgan fingerprint density at radius 3 is 2.58 bits per heavy atom. The quantitative estimate of drug-likeness (QED) is 0.334. The molecule has 0 atom stereocenters. The van der Waals surface area contributed by atoms with Crippen LogP contribution < -0.4 is 10.1 Å². The van der Waals surface area contributed by atoms with Crippen molar-refractivity contribution < 1.29 is 9.53 Å². The number of hydrogen-bond acceptors (Lipinski definition) is 4. The molecule has 0 radical (unpaired) electrons. The summed E-state index contributed by atoms with van der Waals surface area (Å²) in [6, 6.07) is 25.4. The van der Waals surface area contributed by atoms with Crippen molar-refractivity contribution in [2.45, 2.75) is 17.1 Å². The molecule has 0 fully saturated rings. The number of aromatic nitrogens is 1. The number of rotatable bonds is 7. The van der Waals surface area contributed by atoms with Gasteiger partial charge < -0.3 is 10.1 Å². The van der Waals surface area contributed by atoms with Gasteiger partial charge in [0.15, 0.2) is 0 Å². The van der Waals surface area contributed by atoms with Crippen molar-refractivity contribution in [1.82, 2.24) is 4.98 Å². The number of ether oxygens (including phenoxy) is 1. The van der Waals surface area contributed by atoms with E-state index < -0.39 is 0 Å². The van der Waals surface area contributed by atoms with E-state index in [1.54, 1.807) is 24.9 Å². The zero-order chi connectivity index (χ0) is 21.6. The Balaban J connectivity index is 1.61. The monoisotopic (exact) mass is 448 g/mol. The fourth-order valence-electron chi connectivity index (χ4n) is 3.24. The third-order valence-corrected chi connectivity index (χ3v) is 6.28. The van der Waals surface area contributed by atoms with Gasteiger partial charge in [0.25, 0.3) is 0 Å². The summed E-state index contributed by atoms with van der Waals surface area (Å²) >= 11 is 7.91. The van der Waals surface area contributed by atoms with E-state index >= 15 is 0 Å². The van der Waals surface area contributed by atoms with Gasteiger partial charge in [0.05, 0.1) is 19.0 Å². The third-order valence-electron chi connectivity index (χ3n) is 4.78. The molecule has 31 heavy (non-hydrogen) atoms. The molecule has 0 aliphatic carbocycles. The number of hydrogen-bond donors (Lipinski definition) is 1. The molecule has 1 aromatic heterocycles. The average molecular weight is 449 g/mol. The molecule has 4 nitrogen and oxygen atoms in total. The van der Waals surface area contributed by atoms with E-state index in [4.69, 9.17) is 16.3 Å². The predicted octanol–water partition coefficient (Wildman–Crippen LogP) is 6.37. The van der Waals surface area contributed by atoms with E-state index in [9.17, 15) is 4.79 Å². The summed E-state index contributed by atoms with van der Waals surface area (Å²) in [4.78, 5) is 18.3. The highest BCUT2D eigenvalue weighted by Gasteiger charge is 2.12. The van der Waals surface area contributed by atoms with Crippen LogP contribution in [0.25, 0.3) is 10.9 Å². The molecule has 0 aliphatic rings. The number of amides is 1. The summed E-state index contributed by atoms with van der Waals surface area (Å²) in [5.41, 5.74) is 3.49. The second-order valence-electron chi connectivity index (χ2n) is 6.99. The molecule has 1 heterocycles. The third kappa shape index (κ3) is 5.37. The molecule has 1 N–H and O–H groups in total. The largest absolute Gasteiger partial charge is 0.481 e. The van der Waals surface area contributed by atoms with Crippen LogP contribution in [0, 0.1) is 0 Å². The van der Waals surface area contributed by atoms with Crippen LogP contribution in [0.1, 0.15) is 11.1 Å². The van der Waals surface area contributed by atoms with Crippen molar-refractivity contribution in [1.29, 1.82) is 0 Å². The van der Waals surface area contributed by atoms with E-state index in [2.05, 4.69) is 22.4 Å². The van der Waals surface area contributed by atoms with Gasteiger partial charge in [-0.3, -0.25) is 4.79 Å². The van der Waals surface area contributed by atoms with Crippen LogP contribution in [-0.2, 0) is 17.0 Å². The number of methoxy groups -OCH3 is 1. The Morgan fingerprint density at radius 2 is 1.81 bits per heavy atom. The first-order valence-electron chi connectivity index (χ1n) is 9.81. The van der Waals surface area contributed by atoms with Crippen molar-refractivity contribution >= 4 is 45.9 Å². The number of nitrogens with zero attached hydrogens (tertiary/aromatic N) is 1. The van der Waals surface area contributed by atoms with Crippen molar-refractivity contribution in [3.05, 3.63) is 95.0 Å². The summed E-state index contributed by atoms with van der Waals surface area (Å²) < 4.78 is 5.28. The number of benzene rings is 3. The van der Waals surface area contributed by atoms with Gasteiger partial charge in [-0.05, 0) is 35.4 Å². The van der Waals surface area contributed by atoms with Gasteiger partial charge in [-0.15, -0.1) is 11.8 Å². The summed E-state index contributed by atoms with van der Waals surface area (Å²) in [5, 5.41) is 4.60. The predicted molar refractivity (Wildman–Crippen MR) is 128 cm³/mol. The highest BCUT2D eigenvalue weighted by Crippen LogP contribution is 2.34. The second kappa shape index (κ2) is 9.86. The van der Waals surface area contributed by atoms with Gasteiger partial charge in [-0.1, -0.05) is 60.1 Å². The first kappa shape index (κ1) is 21.2. The number of carbonyl (C=O) groups excluding carboxylic acids is 1. The maximum atomic E-state index is 12.7. The molecule has 4 rings (SSSR count). The maximum absolute atomic E-state index is 12.7. The molecule has 0 spiro atoms. The topological polar surface area (TPSA) is 51.2 Å². The smallest absolute Gasteiger partial charge is 0.228 e. The Kier molecular flexibility index (Phi) is 6.75. The van der Waals surface area contributed by atoms with Gasteiger partial charge in [0, 0.05) is 32.8 Å². The minimum atomic E-state index is -0.130. The van der Waals surface area contributed by atoms with Crippen molar-refractivity contribution in [3.8, 4) is 5.88 Å². The maximum Gasteiger partial charge on any atom is 0.228 e. The summed E-state index contributed by atoms with van der Waals surface area (Å²) in [6.45, 7) is 0. The standard InChI is InChI=1S/C25H21ClN2O2S/c1-30-25-12-11-20-22(28-25)14-19(15-23(20)31-16-17-7-3-2-4-8-17)27-24(29)13-18-9-5-6-10-21(18)26/h2-12,14-15H,13,16H2,1H3,(H,27,29). The molecule has 156 valence electrons. The molecule has 3 aromatic carbocycles. The van der Waals surface area contributed by atoms with E-state index in [1.807, 2.05) is 60.7 Å². The van der Waals surface area contributed by atoms with Crippen molar-refractivity contribution in [2.75, 3.05) is 12.4 Å². The number of nitrogens with one attached hydrogen (secondary N) is 1. The fourth-order valence-corrected chi connectivity index (χ4v) is 4.50.